The molecule has 2 aliphatic rings. The zero-order valence-electron chi connectivity index (χ0n) is 15.9. The number of benzene rings is 1. The smallest absolute Gasteiger partial charge is 0.345 e. The van der Waals surface area contributed by atoms with Crippen molar-refractivity contribution in [1.82, 2.24) is 9.21 Å². The van der Waals surface area contributed by atoms with E-state index in [1.165, 1.54) is 7.05 Å². The average Bonchev–Trinajstić information content (AvgIpc) is 2.69. The molecule has 0 spiro atoms. The Bertz CT molecular complexity index is 892. The van der Waals surface area contributed by atoms with Crippen molar-refractivity contribution in [3.63, 3.8) is 0 Å². The van der Waals surface area contributed by atoms with Crippen LogP contribution >= 0.6 is 0 Å². The van der Waals surface area contributed by atoms with Crippen LogP contribution in [-0.4, -0.2) is 56.0 Å². The van der Waals surface area contributed by atoms with Crippen LogP contribution in [-0.2, 0) is 15.0 Å². The normalized spacial score (nSPS) is 22.1. The Labute approximate surface area is 160 Å². The van der Waals surface area contributed by atoms with Crippen LogP contribution in [0.5, 0.6) is 5.75 Å². The fourth-order valence-electron chi connectivity index (χ4n) is 3.51. The Balaban J connectivity index is 2.01. The van der Waals surface area contributed by atoms with Gasteiger partial charge in [-0.25, -0.2) is 4.31 Å². The maximum Gasteiger partial charge on any atom is 0.345 e. The molecule has 146 valence electrons. The van der Waals surface area contributed by atoms with Gasteiger partial charge < -0.3 is 9.64 Å². The molecule has 0 radical (unpaired) electrons. The SMILES string of the molecule is CC[C@H]1CCCCN1C(=O)C1=CC(c2cccc(OC)c2)=NS(=O)(=O)N1C. The van der Waals surface area contributed by atoms with Crippen LogP contribution in [0.25, 0.3) is 0 Å². The van der Waals surface area contributed by atoms with E-state index < -0.39 is 10.2 Å². The lowest BCUT2D eigenvalue weighted by Crippen LogP contribution is -2.47. The van der Waals surface area contributed by atoms with Crippen LogP contribution in [0.1, 0.15) is 38.2 Å². The molecular weight excluding hydrogens is 366 g/mol. The van der Waals surface area contributed by atoms with E-state index in [1.54, 1.807) is 42.4 Å². The minimum atomic E-state index is -3.97. The van der Waals surface area contributed by atoms with Gasteiger partial charge in [-0.15, -0.1) is 4.40 Å². The van der Waals surface area contributed by atoms with Crippen molar-refractivity contribution in [3.05, 3.63) is 41.6 Å². The summed E-state index contributed by atoms with van der Waals surface area (Å²) < 4.78 is 35.2. The van der Waals surface area contributed by atoms with E-state index in [2.05, 4.69) is 11.3 Å². The van der Waals surface area contributed by atoms with Gasteiger partial charge in [0.15, 0.2) is 0 Å². The third-order valence-corrected chi connectivity index (χ3v) is 6.43. The lowest BCUT2D eigenvalue weighted by atomic mass is 9.99. The van der Waals surface area contributed by atoms with Gasteiger partial charge in [0, 0.05) is 25.2 Å². The predicted octanol–water partition coefficient (Wildman–Crippen LogP) is 2.35. The molecule has 0 aromatic heterocycles. The summed E-state index contributed by atoms with van der Waals surface area (Å²) in [6, 6.07) is 7.12. The number of allylic oxidation sites excluding steroid dienone is 1. The number of carbonyl (C=O) groups excluding carboxylic acids is 1. The first-order chi connectivity index (χ1) is 12.9. The molecule has 0 bridgehead atoms. The van der Waals surface area contributed by atoms with E-state index in [-0.39, 0.29) is 23.4 Å². The zero-order valence-corrected chi connectivity index (χ0v) is 16.7. The largest absolute Gasteiger partial charge is 0.497 e. The van der Waals surface area contributed by atoms with Crippen LogP contribution in [0.15, 0.2) is 40.4 Å². The highest BCUT2D eigenvalue weighted by Gasteiger charge is 2.35. The third kappa shape index (κ3) is 3.85. The molecular formula is C19H25N3O4S. The Morgan fingerprint density at radius 2 is 2.11 bits per heavy atom. The molecule has 2 heterocycles. The summed E-state index contributed by atoms with van der Waals surface area (Å²) in [5.41, 5.74) is 0.950. The summed E-state index contributed by atoms with van der Waals surface area (Å²) in [5, 5.41) is 0. The Kier molecular flexibility index (Phi) is 5.55. The molecule has 0 N–H and O–H groups in total. The van der Waals surface area contributed by atoms with Gasteiger partial charge in [-0.2, -0.15) is 8.42 Å². The summed E-state index contributed by atoms with van der Waals surface area (Å²) in [5.74, 6) is 0.331. The maximum absolute atomic E-state index is 13.2. The van der Waals surface area contributed by atoms with Crippen molar-refractivity contribution in [3.8, 4) is 5.75 Å². The summed E-state index contributed by atoms with van der Waals surface area (Å²) in [4.78, 5) is 15.0. The number of piperidine rings is 1. The number of nitrogens with zero attached hydrogens (tertiary/aromatic N) is 3. The molecule has 2 aliphatic heterocycles. The molecule has 3 rings (SSSR count). The van der Waals surface area contributed by atoms with Gasteiger partial charge in [-0.1, -0.05) is 19.1 Å². The van der Waals surface area contributed by atoms with Crippen molar-refractivity contribution in [2.24, 2.45) is 4.40 Å². The van der Waals surface area contributed by atoms with Crippen molar-refractivity contribution in [1.29, 1.82) is 0 Å². The van der Waals surface area contributed by atoms with Crippen molar-refractivity contribution in [2.45, 2.75) is 38.6 Å². The number of likely N-dealkylation sites (N-methyl/N-ethyl adjacent to an activating group) is 1. The van der Waals surface area contributed by atoms with Gasteiger partial charge in [-0.05, 0) is 43.9 Å². The fraction of sp³-hybridized carbons (Fsp3) is 0.474. The average molecular weight is 391 g/mol. The second-order valence-corrected chi connectivity index (χ2v) is 8.37. The predicted molar refractivity (Wildman–Crippen MR) is 104 cm³/mol. The second-order valence-electron chi connectivity index (χ2n) is 6.74. The van der Waals surface area contributed by atoms with E-state index in [0.29, 0.717) is 17.9 Å². The lowest BCUT2D eigenvalue weighted by Gasteiger charge is -2.37. The lowest BCUT2D eigenvalue weighted by molar-refractivity contribution is -0.131. The van der Waals surface area contributed by atoms with E-state index in [1.807, 2.05) is 0 Å². The van der Waals surface area contributed by atoms with Gasteiger partial charge in [0.2, 0.25) is 0 Å². The summed E-state index contributed by atoms with van der Waals surface area (Å²) in [7, 11) is -1.06. The molecule has 27 heavy (non-hydrogen) atoms. The van der Waals surface area contributed by atoms with E-state index in [4.69, 9.17) is 4.74 Å². The summed E-state index contributed by atoms with van der Waals surface area (Å²) in [6.07, 6.45) is 5.38. The molecule has 1 atom stereocenters. The van der Waals surface area contributed by atoms with Crippen LogP contribution < -0.4 is 4.74 Å². The highest BCUT2D eigenvalue weighted by atomic mass is 32.2. The topological polar surface area (TPSA) is 79.3 Å². The number of likely N-dealkylation sites (tertiary alicyclic amines) is 1. The Hall–Kier alpha value is -2.35. The zero-order chi connectivity index (χ0) is 19.6. The number of methoxy groups -OCH3 is 1. The van der Waals surface area contributed by atoms with Gasteiger partial charge in [0.25, 0.3) is 5.91 Å². The first kappa shape index (κ1) is 19.4. The van der Waals surface area contributed by atoms with E-state index in [9.17, 15) is 13.2 Å². The molecule has 1 aromatic carbocycles. The Morgan fingerprint density at radius 1 is 1.33 bits per heavy atom. The number of carbonyl (C=O) groups is 1. The Morgan fingerprint density at radius 3 is 2.81 bits per heavy atom. The molecule has 1 fully saturated rings. The fourth-order valence-corrected chi connectivity index (χ4v) is 4.42. The maximum atomic E-state index is 13.2. The molecule has 1 amide bonds. The number of hydrogen-bond acceptors (Lipinski definition) is 4. The van der Waals surface area contributed by atoms with Crippen LogP contribution in [0.2, 0.25) is 0 Å². The number of rotatable bonds is 4. The standard InChI is InChI=1S/C19H25N3O4S/c1-4-15-9-5-6-11-22(15)19(23)18-13-17(20-27(24,25)21(18)2)14-8-7-10-16(12-14)26-3/h7-8,10,12-13,15H,4-6,9,11H2,1-3H3/t15-/m0/s1. The molecule has 8 heteroatoms. The quantitative estimate of drug-likeness (QED) is 0.789. The first-order valence-electron chi connectivity index (χ1n) is 9.13. The number of amides is 1. The van der Waals surface area contributed by atoms with Gasteiger partial charge in [-0.3, -0.25) is 4.79 Å². The second kappa shape index (κ2) is 7.72. The van der Waals surface area contributed by atoms with Gasteiger partial charge in [0.1, 0.15) is 11.4 Å². The molecule has 1 aromatic rings. The van der Waals surface area contributed by atoms with Crippen LogP contribution in [0.4, 0.5) is 0 Å². The van der Waals surface area contributed by atoms with E-state index >= 15 is 0 Å². The number of hydrogen-bond donors (Lipinski definition) is 0. The third-order valence-electron chi connectivity index (χ3n) is 5.12. The monoisotopic (exact) mass is 391 g/mol. The van der Waals surface area contributed by atoms with Crippen molar-refractivity contribution in [2.75, 3.05) is 20.7 Å². The highest BCUT2D eigenvalue weighted by molar-refractivity contribution is 7.88. The number of ether oxygens (including phenoxy) is 1. The first-order valence-corrected chi connectivity index (χ1v) is 10.5. The summed E-state index contributed by atoms with van der Waals surface area (Å²) in [6.45, 7) is 2.70. The summed E-state index contributed by atoms with van der Waals surface area (Å²) >= 11 is 0. The molecule has 7 nitrogen and oxygen atoms in total. The minimum absolute atomic E-state index is 0.128. The minimum Gasteiger partial charge on any atom is -0.497 e. The van der Waals surface area contributed by atoms with Gasteiger partial charge in [0.05, 0.1) is 12.8 Å². The van der Waals surface area contributed by atoms with Crippen LogP contribution in [0, 0.1) is 0 Å². The van der Waals surface area contributed by atoms with E-state index in [0.717, 1.165) is 30.0 Å². The van der Waals surface area contributed by atoms with Gasteiger partial charge >= 0.3 is 10.2 Å². The van der Waals surface area contributed by atoms with Crippen LogP contribution in [0.3, 0.4) is 0 Å². The highest BCUT2D eigenvalue weighted by Crippen LogP contribution is 2.26. The molecule has 0 aliphatic carbocycles. The molecule has 1 saturated heterocycles. The van der Waals surface area contributed by atoms with Crippen molar-refractivity contribution >= 4 is 21.8 Å². The van der Waals surface area contributed by atoms with Crippen molar-refractivity contribution < 1.29 is 17.9 Å². The molecule has 0 unspecified atom stereocenters. The molecule has 0 saturated carbocycles.